The molecule has 1 aliphatic rings. The normalized spacial score (nSPS) is 21.9. The number of nitrogens with one attached hydrogen (secondary N) is 1. The molecular formula is C11H18N4O3S. The number of hydrazine groups is 1. The summed E-state index contributed by atoms with van der Waals surface area (Å²) in [5.74, 6) is 4.94. The maximum absolute atomic E-state index is 12.0. The van der Waals surface area contributed by atoms with Crippen LogP contribution in [0.5, 0.6) is 0 Å². The van der Waals surface area contributed by atoms with Crippen LogP contribution in [0, 0.1) is 0 Å². The zero-order valence-corrected chi connectivity index (χ0v) is 11.9. The Labute approximate surface area is 112 Å². The Kier molecular flexibility index (Phi) is 4.64. The first kappa shape index (κ1) is 15.6. The molecule has 0 heterocycles. The predicted molar refractivity (Wildman–Crippen MR) is 72.8 cm³/mol. The fourth-order valence-corrected chi connectivity index (χ4v) is 2.83. The topological polar surface area (TPSA) is 119 Å². The summed E-state index contributed by atoms with van der Waals surface area (Å²) in [5.41, 5.74) is 3.02. The number of nitrogens with two attached hydrogens (primary N) is 2. The number of carbonyl (C=O) groups is 1. The Hall–Kier alpha value is -1.48. The van der Waals surface area contributed by atoms with E-state index in [1.165, 1.54) is 25.1 Å². The zero-order valence-electron chi connectivity index (χ0n) is 11.0. The quantitative estimate of drug-likeness (QED) is 0.452. The molecule has 1 unspecified atom stereocenters. The van der Waals surface area contributed by atoms with Crippen LogP contribution < -0.4 is 16.4 Å². The maximum atomic E-state index is 12.0. The van der Waals surface area contributed by atoms with E-state index in [1.54, 1.807) is 19.1 Å². The lowest BCUT2D eigenvalue weighted by molar-refractivity contribution is -0.124. The van der Waals surface area contributed by atoms with Gasteiger partial charge in [0.05, 0.1) is 16.5 Å². The number of amides is 1. The smallest absolute Gasteiger partial charge is 0.254 e. The van der Waals surface area contributed by atoms with Crippen LogP contribution >= 0.6 is 0 Å². The van der Waals surface area contributed by atoms with E-state index >= 15 is 0 Å². The van der Waals surface area contributed by atoms with E-state index < -0.39 is 22.0 Å². The summed E-state index contributed by atoms with van der Waals surface area (Å²) in [6, 6.07) is -0.830. The van der Waals surface area contributed by atoms with Crippen molar-refractivity contribution in [1.82, 2.24) is 10.3 Å². The lowest BCUT2D eigenvalue weighted by atomic mass is 9.96. The Morgan fingerprint density at radius 2 is 2.00 bits per heavy atom. The third kappa shape index (κ3) is 3.10. The molecule has 0 bridgehead atoms. The molecule has 106 valence electrons. The highest BCUT2D eigenvalue weighted by atomic mass is 32.2. The van der Waals surface area contributed by atoms with Crippen molar-refractivity contribution in [2.24, 2.45) is 11.0 Å². The van der Waals surface area contributed by atoms with E-state index in [4.69, 9.17) is 11.0 Å². The summed E-state index contributed by atoms with van der Waals surface area (Å²) in [5, 5.41) is 5.21. The molecule has 0 aromatic rings. The number of sulfonamides is 1. The number of carbonyl (C=O) groups excluding carboxylic acids is 1. The number of likely N-dealkylation sites (N-methyl/N-ethyl adjacent to an activating group) is 1. The van der Waals surface area contributed by atoms with E-state index in [0.717, 1.165) is 0 Å². The van der Waals surface area contributed by atoms with Gasteiger partial charge in [0.15, 0.2) is 0 Å². The minimum absolute atomic E-state index is 0.0149. The van der Waals surface area contributed by atoms with Crippen LogP contribution in [-0.2, 0) is 14.8 Å². The summed E-state index contributed by atoms with van der Waals surface area (Å²) < 4.78 is 23.5. The summed E-state index contributed by atoms with van der Waals surface area (Å²) in [6.07, 6.45) is 4.77. The van der Waals surface area contributed by atoms with Crippen molar-refractivity contribution < 1.29 is 13.2 Å². The predicted octanol–water partition coefficient (Wildman–Crippen LogP) is -1.03. The van der Waals surface area contributed by atoms with Crippen molar-refractivity contribution in [1.29, 1.82) is 0 Å². The molecule has 1 rings (SSSR count). The van der Waals surface area contributed by atoms with Gasteiger partial charge in [-0.3, -0.25) is 10.6 Å². The van der Waals surface area contributed by atoms with Gasteiger partial charge in [0, 0.05) is 14.1 Å². The minimum Gasteiger partial charge on any atom is -0.345 e. The van der Waals surface area contributed by atoms with Crippen LogP contribution in [0.15, 0.2) is 34.3 Å². The standard InChI is InChI=1S/C11H18N4O3S/c1-4-7-5-6-8(11(16)15(2)3)10(9(7)14-12)19(13,17)18/h4-6,9,14H,12H2,1-3H3,(H2,13,17,18). The molecule has 0 saturated carbocycles. The average Bonchev–Trinajstić information content (AvgIpc) is 2.34. The Balaban J connectivity index is 3.56. The van der Waals surface area contributed by atoms with Crippen LogP contribution in [-0.4, -0.2) is 39.4 Å². The number of allylic oxidation sites excluding steroid dienone is 1. The van der Waals surface area contributed by atoms with Gasteiger partial charge in [-0.15, -0.1) is 0 Å². The highest BCUT2D eigenvalue weighted by Gasteiger charge is 2.33. The van der Waals surface area contributed by atoms with Gasteiger partial charge in [0.2, 0.25) is 10.0 Å². The van der Waals surface area contributed by atoms with Crippen molar-refractivity contribution in [3.05, 3.63) is 34.3 Å². The first-order chi connectivity index (χ1) is 8.73. The van der Waals surface area contributed by atoms with Crippen LogP contribution in [0.3, 0.4) is 0 Å². The van der Waals surface area contributed by atoms with Gasteiger partial charge in [-0.25, -0.2) is 19.0 Å². The van der Waals surface area contributed by atoms with Crippen LogP contribution in [0.4, 0.5) is 0 Å². The van der Waals surface area contributed by atoms with Gasteiger partial charge < -0.3 is 4.90 Å². The van der Waals surface area contributed by atoms with Gasteiger partial charge >= 0.3 is 0 Å². The van der Waals surface area contributed by atoms with Crippen molar-refractivity contribution >= 4 is 15.9 Å². The SMILES string of the molecule is CC=C1C=CC(C(=O)N(C)C)=C(S(N)(=O)=O)C1NN. The van der Waals surface area contributed by atoms with Gasteiger partial charge in [-0.1, -0.05) is 12.2 Å². The van der Waals surface area contributed by atoms with Crippen LogP contribution in [0.1, 0.15) is 6.92 Å². The molecule has 0 saturated heterocycles. The third-order valence-corrected chi connectivity index (χ3v) is 3.82. The van der Waals surface area contributed by atoms with E-state index in [1.807, 2.05) is 0 Å². The molecule has 0 aliphatic heterocycles. The number of primary sulfonamides is 1. The zero-order chi connectivity index (χ0) is 14.8. The average molecular weight is 286 g/mol. The van der Waals surface area contributed by atoms with Crippen LogP contribution in [0.25, 0.3) is 0 Å². The number of hydrogen-bond donors (Lipinski definition) is 3. The van der Waals surface area contributed by atoms with E-state index in [-0.39, 0.29) is 10.5 Å². The fraction of sp³-hybridized carbons (Fsp3) is 0.364. The minimum atomic E-state index is -4.06. The first-order valence-corrected chi connectivity index (χ1v) is 7.07. The van der Waals surface area contributed by atoms with Crippen LogP contribution in [0.2, 0.25) is 0 Å². The summed E-state index contributed by atoms with van der Waals surface area (Å²) in [4.78, 5) is 13.1. The Morgan fingerprint density at radius 1 is 1.42 bits per heavy atom. The fourth-order valence-electron chi connectivity index (χ4n) is 1.83. The van der Waals surface area contributed by atoms with Gasteiger partial charge in [0.1, 0.15) is 0 Å². The molecule has 19 heavy (non-hydrogen) atoms. The molecule has 0 aromatic carbocycles. The molecular weight excluding hydrogens is 268 g/mol. The lowest BCUT2D eigenvalue weighted by Gasteiger charge is -2.26. The Bertz CT molecular complexity index is 573. The number of hydrogen-bond acceptors (Lipinski definition) is 5. The monoisotopic (exact) mass is 286 g/mol. The number of rotatable bonds is 3. The lowest BCUT2D eigenvalue weighted by Crippen LogP contribution is -2.44. The highest BCUT2D eigenvalue weighted by molar-refractivity contribution is 7.93. The molecule has 5 N–H and O–H groups in total. The first-order valence-electron chi connectivity index (χ1n) is 5.53. The van der Waals surface area contributed by atoms with Crippen molar-refractivity contribution in [3.63, 3.8) is 0 Å². The second-order valence-electron chi connectivity index (χ2n) is 4.24. The second kappa shape index (κ2) is 5.66. The van der Waals surface area contributed by atoms with E-state index in [2.05, 4.69) is 5.43 Å². The maximum Gasteiger partial charge on any atom is 0.254 e. The molecule has 8 heteroatoms. The molecule has 7 nitrogen and oxygen atoms in total. The third-order valence-electron chi connectivity index (χ3n) is 2.75. The van der Waals surface area contributed by atoms with Crippen molar-refractivity contribution in [3.8, 4) is 0 Å². The van der Waals surface area contributed by atoms with Gasteiger partial charge in [-0.05, 0) is 18.6 Å². The summed E-state index contributed by atoms with van der Waals surface area (Å²) in [6.45, 7) is 1.74. The molecule has 0 radical (unpaired) electrons. The largest absolute Gasteiger partial charge is 0.345 e. The molecule has 0 aromatic heterocycles. The van der Waals surface area contributed by atoms with Crippen molar-refractivity contribution in [2.75, 3.05) is 14.1 Å². The summed E-state index contributed by atoms with van der Waals surface area (Å²) in [7, 11) is -1.00. The molecule has 0 spiro atoms. The van der Waals surface area contributed by atoms with Gasteiger partial charge in [0.25, 0.3) is 5.91 Å². The molecule has 1 aliphatic carbocycles. The van der Waals surface area contributed by atoms with E-state index in [9.17, 15) is 13.2 Å². The second-order valence-corrected chi connectivity index (χ2v) is 5.77. The summed E-state index contributed by atoms with van der Waals surface area (Å²) >= 11 is 0. The molecule has 1 atom stereocenters. The van der Waals surface area contributed by atoms with Crippen molar-refractivity contribution in [2.45, 2.75) is 13.0 Å². The Morgan fingerprint density at radius 3 is 2.37 bits per heavy atom. The van der Waals surface area contributed by atoms with Gasteiger partial charge in [-0.2, -0.15) is 0 Å². The highest BCUT2D eigenvalue weighted by Crippen LogP contribution is 2.27. The molecule has 1 amide bonds. The molecule has 0 fully saturated rings. The number of nitrogens with zero attached hydrogens (tertiary/aromatic N) is 1. The van der Waals surface area contributed by atoms with E-state index in [0.29, 0.717) is 5.57 Å².